The number of hydrogen-bond acceptors (Lipinski definition) is 7. The number of anilines is 1. The molecule has 2 aromatic carbocycles. The smallest absolute Gasteiger partial charge is 0.241 e. The molecule has 1 unspecified atom stereocenters. The van der Waals surface area contributed by atoms with Gasteiger partial charge in [-0.25, -0.2) is 8.42 Å². The first-order valence-corrected chi connectivity index (χ1v) is 11.6. The van der Waals surface area contributed by atoms with E-state index >= 15 is 0 Å². The summed E-state index contributed by atoms with van der Waals surface area (Å²) in [6.07, 6.45) is 0. The molecule has 4 rings (SSSR count). The van der Waals surface area contributed by atoms with Crippen molar-refractivity contribution >= 4 is 21.6 Å². The van der Waals surface area contributed by atoms with Gasteiger partial charge in [-0.2, -0.15) is 0 Å². The van der Waals surface area contributed by atoms with Gasteiger partial charge in [0.15, 0.2) is 23.0 Å². The molecule has 2 aliphatic rings. The van der Waals surface area contributed by atoms with E-state index in [1.54, 1.807) is 24.3 Å². The maximum absolute atomic E-state index is 12.8. The number of amides is 1. The van der Waals surface area contributed by atoms with Crippen LogP contribution in [0, 0.1) is 0 Å². The van der Waals surface area contributed by atoms with Crippen molar-refractivity contribution in [3.63, 3.8) is 0 Å². The lowest BCUT2D eigenvalue weighted by Crippen LogP contribution is -2.42. The SMILES string of the molecule is CCS(=O)(=O)N(CC(=O)NC(C)c1ccc2c(c1)OCCO2)c1ccc2c(c1)OCO2. The van der Waals surface area contributed by atoms with Crippen LogP contribution >= 0.6 is 0 Å². The predicted molar refractivity (Wildman–Crippen MR) is 113 cm³/mol. The van der Waals surface area contributed by atoms with Crippen molar-refractivity contribution < 1.29 is 32.2 Å². The van der Waals surface area contributed by atoms with Gasteiger partial charge in [0.1, 0.15) is 19.8 Å². The van der Waals surface area contributed by atoms with E-state index in [-0.39, 0.29) is 25.1 Å². The van der Waals surface area contributed by atoms with Gasteiger partial charge >= 0.3 is 0 Å². The first-order valence-electron chi connectivity index (χ1n) is 9.96. The molecular weight excluding hydrogens is 424 g/mol. The molecule has 1 amide bonds. The second kappa shape index (κ2) is 8.54. The van der Waals surface area contributed by atoms with Crippen molar-refractivity contribution in [2.45, 2.75) is 19.9 Å². The molecule has 0 fully saturated rings. The largest absolute Gasteiger partial charge is 0.486 e. The highest BCUT2D eigenvalue weighted by Gasteiger charge is 2.26. The van der Waals surface area contributed by atoms with Crippen LogP contribution in [0.5, 0.6) is 23.0 Å². The molecule has 0 aliphatic carbocycles. The molecule has 2 aromatic rings. The van der Waals surface area contributed by atoms with Crippen LogP contribution < -0.4 is 28.6 Å². The van der Waals surface area contributed by atoms with Crippen LogP contribution in [0.1, 0.15) is 25.5 Å². The first kappa shape index (κ1) is 21.1. The summed E-state index contributed by atoms with van der Waals surface area (Å²) in [5.41, 5.74) is 1.17. The van der Waals surface area contributed by atoms with Crippen molar-refractivity contribution in [1.29, 1.82) is 0 Å². The first-order chi connectivity index (χ1) is 14.9. The Labute approximate surface area is 180 Å². The minimum Gasteiger partial charge on any atom is -0.486 e. The number of fused-ring (bicyclic) bond motifs is 2. The van der Waals surface area contributed by atoms with Gasteiger partial charge in [0.2, 0.25) is 22.7 Å². The van der Waals surface area contributed by atoms with Gasteiger partial charge < -0.3 is 24.3 Å². The highest BCUT2D eigenvalue weighted by molar-refractivity contribution is 7.92. The average Bonchev–Trinajstić information content (AvgIpc) is 3.25. The van der Waals surface area contributed by atoms with Crippen LogP contribution in [0.15, 0.2) is 36.4 Å². The minimum atomic E-state index is -3.70. The molecule has 0 radical (unpaired) electrons. The lowest BCUT2D eigenvalue weighted by atomic mass is 10.1. The van der Waals surface area contributed by atoms with E-state index < -0.39 is 15.9 Å². The Hall–Kier alpha value is -3.14. The summed E-state index contributed by atoms with van der Waals surface area (Å²) in [4.78, 5) is 12.8. The van der Waals surface area contributed by atoms with Gasteiger partial charge in [0.25, 0.3) is 0 Å². The molecule has 9 nitrogen and oxygen atoms in total. The Morgan fingerprint density at radius 1 is 1.00 bits per heavy atom. The van der Waals surface area contributed by atoms with E-state index in [1.165, 1.54) is 6.92 Å². The predicted octanol–water partition coefficient (Wildman–Crippen LogP) is 2.22. The third kappa shape index (κ3) is 4.48. The number of rotatable bonds is 7. The van der Waals surface area contributed by atoms with E-state index in [0.29, 0.717) is 41.9 Å². The van der Waals surface area contributed by atoms with Gasteiger partial charge in [-0.05, 0) is 43.7 Å². The molecule has 31 heavy (non-hydrogen) atoms. The maximum atomic E-state index is 12.8. The zero-order valence-corrected chi connectivity index (χ0v) is 18.1. The number of hydrogen-bond donors (Lipinski definition) is 1. The highest BCUT2D eigenvalue weighted by atomic mass is 32.2. The third-order valence-electron chi connectivity index (χ3n) is 5.08. The van der Waals surface area contributed by atoms with Crippen LogP contribution in [-0.4, -0.2) is 46.6 Å². The summed E-state index contributed by atoms with van der Waals surface area (Å²) >= 11 is 0. The fourth-order valence-electron chi connectivity index (χ4n) is 3.38. The van der Waals surface area contributed by atoms with E-state index in [4.69, 9.17) is 18.9 Å². The highest BCUT2D eigenvalue weighted by Crippen LogP contribution is 2.36. The van der Waals surface area contributed by atoms with E-state index in [0.717, 1.165) is 9.87 Å². The number of carbonyl (C=O) groups is 1. The number of ether oxygens (including phenoxy) is 4. The minimum absolute atomic E-state index is 0.0762. The molecule has 10 heteroatoms. The Kier molecular flexibility index (Phi) is 5.81. The molecule has 2 heterocycles. The van der Waals surface area contributed by atoms with Crippen molar-refractivity contribution in [2.24, 2.45) is 0 Å². The molecule has 166 valence electrons. The summed E-state index contributed by atoms with van der Waals surface area (Å²) in [5, 5.41) is 2.85. The Bertz CT molecular complexity index is 1090. The number of benzene rings is 2. The monoisotopic (exact) mass is 448 g/mol. The quantitative estimate of drug-likeness (QED) is 0.693. The van der Waals surface area contributed by atoms with Gasteiger partial charge in [0, 0.05) is 6.07 Å². The van der Waals surface area contributed by atoms with Crippen molar-refractivity contribution in [2.75, 3.05) is 36.6 Å². The molecule has 1 atom stereocenters. The lowest BCUT2D eigenvalue weighted by Gasteiger charge is -2.25. The fourth-order valence-corrected chi connectivity index (χ4v) is 4.44. The van der Waals surface area contributed by atoms with Crippen molar-refractivity contribution in [3.05, 3.63) is 42.0 Å². The fraction of sp³-hybridized carbons (Fsp3) is 0.381. The van der Waals surface area contributed by atoms with E-state index in [2.05, 4.69) is 5.32 Å². The van der Waals surface area contributed by atoms with Crippen LogP contribution in [-0.2, 0) is 14.8 Å². The van der Waals surface area contributed by atoms with Crippen LogP contribution in [0.3, 0.4) is 0 Å². The number of carbonyl (C=O) groups excluding carboxylic acids is 1. The van der Waals surface area contributed by atoms with Crippen molar-refractivity contribution in [3.8, 4) is 23.0 Å². The summed E-state index contributed by atoms with van der Waals surface area (Å²) < 4.78 is 48.2. The Morgan fingerprint density at radius 2 is 1.65 bits per heavy atom. The van der Waals surface area contributed by atoms with E-state index in [9.17, 15) is 13.2 Å². The molecule has 0 saturated carbocycles. The molecule has 0 bridgehead atoms. The zero-order chi connectivity index (χ0) is 22.0. The van der Waals surface area contributed by atoms with Gasteiger partial charge in [-0.15, -0.1) is 0 Å². The molecule has 0 saturated heterocycles. The molecule has 1 N–H and O–H groups in total. The zero-order valence-electron chi connectivity index (χ0n) is 17.3. The number of nitrogens with one attached hydrogen (secondary N) is 1. The van der Waals surface area contributed by atoms with Crippen molar-refractivity contribution in [1.82, 2.24) is 5.32 Å². The maximum Gasteiger partial charge on any atom is 0.241 e. The van der Waals surface area contributed by atoms with Gasteiger partial charge in [0.05, 0.1) is 17.5 Å². The topological polar surface area (TPSA) is 103 Å². The summed E-state index contributed by atoms with van der Waals surface area (Å²) in [7, 11) is -3.70. The third-order valence-corrected chi connectivity index (χ3v) is 6.82. The summed E-state index contributed by atoms with van der Waals surface area (Å²) in [5.74, 6) is 1.69. The van der Waals surface area contributed by atoms with Crippen LogP contribution in [0.25, 0.3) is 0 Å². The Morgan fingerprint density at radius 3 is 2.42 bits per heavy atom. The second-order valence-electron chi connectivity index (χ2n) is 7.14. The average molecular weight is 448 g/mol. The van der Waals surface area contributed by atoms with Crippen LogP contribution in [0.2, 0.25) is 0 Å². The molecule has 0 spiro atoms. The normalized spacial score (nSPS) is 15.3. The standard InChI is InChI=1S/C21H24N2O7S/c1-3-31(25,26)23(16-5-7-18-20(11-16)30-13-29-18)12-21(24)22-14(2)15-4-6-17-19(10-15)28-9-8-27-17/h4-7,10-11,14H,3,8-9,12-13H2,1-2H3,(H,22,24). The van der Waals surface area contributed by atoms with Gasteiger partial charge in [-0.3, -0.25) is 9.10 Å². The number of nitrogens with zero attached hydrogens (tertiary/aromatic N) is 1. The number of sulfonamides is 1. The second-order valence-corrected chi connectivity index (χ2v) is 9.32. The summed E-state index contributed by atoms with van der Waals surface area (Å²) in [6, 6.07) is 9.89. The Balaban J connectivity index is 1.50. The van der Waals surface area contributed by atoms with Crippen LogP contribution in [0.4, 0.5) is 5.69 Å². The lowest BCUT2D eigenvalue weighted by molar-refractivity contribution is -0.120. The molecular formula is C21H24N2O7S. The summed E-state index contributed by atoms with van der Waals surface area (Å²) in [6.45, 7) is 4.04. The molecule has 0 aromatic heterocycles. The van der Waals surface area contributed by atoms with Gasteiger partial charge in [-0.1, -0.05) is 6.07 Å². The molecule has 2 aliphatic heterocycles. The van der Waals surface area contributed by atoms with E-state index in [1.807, 2.05) is 19.1 Å².